The minimum Gasteiger partial charge on any atom is -0.396 e. The van der Waals surface area contributed by atoms with Gasteiger partial charge in [-0.25, -0.2) is 0 Å². The molecule has 0 atom stereocenters. The second kappa shape index (κ2) is 5.34. The van der Waals surface area contributed by atoms with Gasteiger partial charge < -0.3 is 15.7 Å². The molecule has 0 amide bonds. The molecule has 17 heavy (non-hydrogen) atoms. The van der Waals surface area contributed by atoms with Crippen molar-refractivity contribution in [1.29, 1.82) is 0 Å². The van der Waals surface area contributed by atoms with Crippen LogP contribution >= 0.6 is 23.2 Å². The van der Waals surface area contributed by atoms with Gasteiger partial charge in [-0.1, -0.05) is 23.2 Å². The molecule has 0 bridgehead atoms. The van der Waals surface area contributed by atoms with Crippen LogP contribution in [-0.2, 0) is 0 Å². The molecule has 3 N–H and O–H groups in total. The quantitative estimate of drug-likeness (QED) is 0.834. The highest BCUT2D eigenvalue weighted by Crippen LogP contribution is 2.34. The normalized spacial score (nSPS) is 11.6. The molecule has 0 aliphatic carbocycles. The third kappa shape index (κ3) is 3.41. The number of aliphatic hydroxyl groups excluding tert-OH is 1. The first kappa shape index (κ1) is 14.4. The van der Waals surface area contributed by atoms with Gasteiger partial charge >= 0.3 is 0 Å². The fourth-order valence-electron chi connectivity index (χ4n) is 1.68. The van der Waals surface area contributed by atoms with Crippen LogP contribution in [0.15, 0.2) is 12.1 Å². The van der Waals surface area contributed by atoms with E-state index in [0.717, 1.165) is 5.69 Å². The van der Waals surface area contributed by atoms with Crippen LogP contribution in [0.1, 0.15) is 20.8 Å². The first-order valence-electron chi connectivity index (χ1n) is 5.40. The van der Waals surface area contributed by atoms with E-state index in [0.29, 0.717) is 22.3 Å². The lowest BCUT2D eigenvalue weighted by Gasteiger charge is -2.37. The molecule has 0 unspecified atom stereocenters. The topological polar surface area (TPSA) is 49.5 Å². The van der Waals surface area contributed by atoms with Crippen molar-refractivity contribution in [3.8, 4) is 0 Å². The van der Waals surface area contributed by atoms with Gasteiger partial charge in [0.1, 0.15) is 0 Å². The molecule has 1 rings (SSSR count). The highest BCUT2D eigenvalue weighted by atomic mass is 35.5. The van der Waals surface area contributed by atoms with Crippen molar-refractivity contribution in [3.63, 3.8) is 0 Å². The lowest BCUT2D eigenvalue weighted by molar-refractivity contribution is 0.290. The van der Waals surface area contributed by atoms with Crippen molar-refractivity contribution in [2.45, 2.75) is 26.3 Å². The summed E-state index contributed by atoms with van der Waals surface area (Å²) >= 11 is 12.0. The number of β-amino-alcohol motifs (C(OH)–C–C–N with tert-alkyl or cyclic N) is 1. The number of halogens is 2. The Morgan fingerprint density at radius 1 is 1.24 bits per heavy atom. The molecule has 3 nitrogen and oxygen atoms in total. The number of nitrogens with two attached hydrogens (primary N) is 1. The third-order valence-electron chi connectivity index (χ3n) is 2.51. The maximum Gasteiger partial charge on any atom is 0.0694 e. The third-order valence-corrected chi connectivity index (χ3v) is 3.13. The van der Waals surface area contributed by atoms with E-state index in [9.17, 15) is 0 Å². The average molecular weight is 277 g/mol. The first-order valence-corrected chi connectivity index (χ1v) is 6.16. The zero-order valence-electron chi connectivity index (χ0n) is 10.3. The van der Waals surface area contributed by atoms with Crippen molar-refractivity contribution in [2.75, 3.05) is 23.8 Å². The minimum absolute atomic E-state index is 0.0664. The van der Waals surface area contributed by atoms with E-state index in [-0.39, 0.29) is 12.1 Å². The van der Waals surface area contributed by atoms with E-state index < -0.39 is 0 Å². The van der Waals surface area contributed by atoms with Crippen molar-refractivity contribution < 1.29 is 5.11 Å². The molecule has 1 aromatic rings. The van der Waals surface area contributed by atoms with Crippen molar-refractivity contribution in [2.24, 2.45) is 0 Å². The van der Waals surface area contributed by atoms with E-state index >= 15 is 0 Å². The molecule has 0 saturated heterocycles. The van der Waals surface area contributed by atoms with Crippen molar-refractivity contribution in [3.05, 3.63) is 22.2 Å². The summed E-state index contributed by atoms with van der Waals surface area (Å²) in [4.78, 5) is 2.03. The molecule has 0 spiro atoms. The van der Waals surface area contributed by atoms with Crippen LogP contribution in [0, 0.1) is 0 Å². The molecule has 0 aliphatic heterocycles. The molecule has 1 aromatic carbocycles. The van der Waals surface area contributed by atoms with E-state index in [2.05, 4.69) is 20.8 Å². The van der Waals surface area contributed by atoms with Gasteiger partial charge in [0.05, 0.1) is 22.3 Å². The number of anilines is 2. The fourth-order valence-corrected chi connectivity index (χ4v) is 2.15. The predicted octanol–water partition coefficient (Wildman–Crippen LogP) is 3.17. The number of hydrogen-bond donors (Lipinski definition) is 2. The summed E-state index contributed by atoms with van der Waals surface area (Å²) in [6.45, 7) is 6.75. The van der Waals surface area contributed by atoms with E-state index in [1.807, 2.05) is 4.90 Å². The Balaban J connectivity index is 3.20. The number of aliphatic hydroxyl groups is 1. The second-order valence-corrected chi connectivity index (χ2v) is 5.68. The summed E-state index contributed by atoms with van der Waals surface area (Å²) < 4.78 is 0. The molecule has 0 saturated carbocycles. The summed E-state index contributed by atoms with van der Waals surface area (Å²) in [6, 6.07) is 3.54. The Hall–Kier alpha value is -0.640. The fraction of sp³-hybridized carbons (Fsp3) is 0.500. The maximum atomic E-state index is 9.12. The molecule has 0 radical (unpaired) electrons. The lowest BCUT2D eigenvalue weighted by Crippen LogP contribution is -2.43. The number of nitrogens with zero attached hydrogens (tertiary/aromatic N) is 1. The highest BCUT2D eigenvalue weighted by molar-refractivity contribution is 6.39. The smallest absolute Gasteiger partial charge is 0.0694 e. The van der Waals surface area contributed by atoms with Gasteiger partial charge in [0, 0.05) is 17.8 Å². The Morgan fingerprint density at radius 2 is 1.71 bits per heavy atom. The second-order valence-electron chi connectivity index (χ2n) is 4.87. The number of nitrogen functional groups attached to an aromatic ring is 1. The summed E-state index contributed by atoms with van der Waals surface area (Å²) in [6.07, 6.45) is 0. The molecule has 0 aliphatic rings. The summed E-state index contributed by atoms with van der Waals surface area (Å²) in [5.74, 6) is 0. The highest BCUT2D eigenvalue weighted by Gasteiger charge is 2.22. The van der Waals surface area contributed by atoms with Gasteiger partial charge in [0.25, 0.3) is 0 Å². The van der Waals surface area contributed by atoms with Gasteiger partial charge in [-0.05, 0) is 32.9 Å². The van der Waals surface area contributed by atoms with Crippen LogP contribution in [-0.4, -0.2) is 23.8 Å². The van der Waals surface area contributed by atoms with Gasteiger partial charge in [-0.3, -0.25) is 0 Å². The zero-order valence-corrected chi connectivity index (χ0v) is 11.8. The van der Waals surface area contributed by atoms with Crippen molar-refractivity contribution in [1.82, 2.24) is 0 Å². The van der Waals surface area contributed by atoms with Crippen LogP contribution in [0.3, 0.4) is 0 Å². The summed E-state index contributed by atoms with van der Waals surface area (Å²) in [7, 11) is 0. The Labute approximate surface area is 112 Å². The van der Waals surface area contributed by atoms with Gasteiger partial charge in [-0.2, -0.15) is 0 Å². The summed E-state index contributed by atoms with van der Waals surface area (Å²) in [5, 5.41) is 9.98. The minimum atomic E-state index is -0.133. The Bertz CT molecular complexity index is 379. The van der Waals surface area contributed by atoms with E-state index in [4.69, 9.17) is 34.0 Å². The van der Waals surface area contributed by atoms with Crippen LogP contribution in [0.4, 0.5) is 11.4 Å². The molecule has 96 valence electrons. The van der Waals surface area contributed by atoms with Crippen LogP contribution in [0.2, 0.25) is 10.0 Å². The standard InChI is InChI=1S/C12H18Cl2N2O/c1-12(2,3)16(4-5-17)8-6-9(13)11(15)10(14)7-8/h6-7,17H,4-5,15H2,1-3H3. The molecule has 5 heteroatoms. The SMILES string of the molecule is CC(C)(C)N(CCO)c1cc(Cl)c(N)c(Cl)c1. The molecular formula is C12H18Cl2N2O. The predicted molar refractivity (Wildman–Crippen MR) is 75.1 cm³/mol. The van der Waals surface area contributed by atoms with Gasteiger partial charge in [0.2, 0.25) is 0 Å². The van der Waals surface area contributed by atoms with Crippen LogP contribution in [0.5, 0.6) is 0 Å². The summed E-state index contributed by atoms with van der Waals surface area (Å²) in [5.41, 5.74) is 6.81. The zero-order chi connectivity index (χ0) is 13.2. The largest absolute Gasteiger partial charge is 0.396 e. The number of benzene rings is 1. The molecule has 0 aromatic heterocycles. The van der Waals surface area contributed by atoms with Gasteiger partial charge in [0.15, 0.2) is 0 Å². The Morgan fingerprint density at radius 3 is 2.06 bits per heavy atom. The first-order chi connectivity index (χ1) is 7.77. The van der Waals surface area contributed by atoms with E-state index in [1.165, 1.54) is 0 Å². The maximum absolute atomic E-state index is 9.12. The van der Waals surface area contributed by atoms with Crippen LogP contribution < -0.4 is 10.6 Å². The van der Waals surface area contributed by atoms with Gasteiger partial charge in [-0.15, -0.1) is 0 Å². The molecule has 0 heterocycles. The van der Waals surface area contributed by atoms with Crippen LogP contribution in [0.25, 0.3) is 0 Å². The molecular weight excluding hydrogens is 259 g/mol. The average Bonchev–Trinajstić information content (AvgIpc) is 2.20. The van der Waals surface area contributed by atoms with E-state index in [1.54, 1.807) is 12.1 Å². The number of rotatable bonds is 3. The Kier molecular flexibility index (Phi) is 4.53. The van der Waals surface area contributed by atoms with Crippen molar-refractivity contribution >= 4 is 34.6 Å². The number of hydrogen-bond acceptors (Lipinski definition) is 3. The monoisotopic (exact) mass is 276 g/mol. The lowest BCUT2D eigenvalue weighted by atomic mass is 10.0. The molecule has 0 fully saturated rings.